The van der Waals surface area contributed by atoms with Crippen molar-refractivity contribution in [3.05, 3.63) is 68.2 Å². The number of hydrogen-bond donors (Lipinski definition) is 1. The van der Waals surface area contributed by atoms with Gasteiger partial charge in [-0.1, -0.05) is 42.1 Å². The Balaban J connectivity index is 2.02. The van der Waals surface area contributed by atoms with Gasteiger partial charge in [0.1, 0.15) is 0 Å². The van der Waals surface area contributed by atoms with Crippen molar-refractivity contribution in [1.29, 1.82) is 0 Å². The highest BCUT2D eigenvalue weighted by molar-refractivity contribution is 7.98. The summed E-state index contributed by atoms with van der Waals surface area (Å²) in [6.07, 6.45) is 0. The molecule has 5 nitrogen and oxygen atoms in total. The molecule has 0 amide bonds. The number of nitrogens with zero attached hydrogens (tertiary/aromatic N) is 2. The fraction of sp³-hybridized carbons (Fsp3) is 0.188. The van der Waals surface area contributed by atoms with Gasteiger partial charge in [-0.15, -0.1) is 0 Å². The van der Waals surface area contributed by atoms with E-state index in [4.69, 9.17) is 0 Å². The molecule has 0 saturated carbocycles. The van der Waals surface area contributed by atoms with Crippen LogP contribution in [0.2, 0.25) is 0 Å². The predicted molar refractivity (Wildman–Crippen MR) is 88.3 cm³/mol. The lowest BCUT2D eigenvalue weighted by atomic mass is 10.2. The lowest BCUT2D eigenvalue weighted by Gasteiger charge is -2.07. The Morgan fingerprint density at radius 2 is 1.95 bits per heavy atom. The van der Waals surface area contributed by atoms with Crippen molar-refractivity contribution in [3.63, 3.8) is 0 Å². The third-order valence-electron chi connectivity index (χ3n) is 3.45. The summed E-state index contributed by atoms with van der Waals surface area (Å²) in [5.74, 6) is 0.703. The Morgan fingerprint density at radius 1 is 1.23 bits per heavy atom. The van der Waals surface area contributed by atoms with Crippen LogP contribution in [-0.4, -0.2) is 14.5 Å². The normalized spacial score (nSPS) is 11.0. The number of H-pyrrole nitrogens is 1. The Labute approximate surface area is 131 Å². The van der Waals surface area contributed by atoms with Gasteiger partial charge in [0.2, 0.25) is 0 Å². The number of thioether (sulfide) groups is 1. The van der Waals surface area contributed by atoms with Crippen LogP contribution in [0.1, 0.15) is 11.1 Å². The average Bonchev–Trinajstić information content (AvgIpc) is 2.53. The molecule has 0 saturated heterocycles. The fourth-order valence-corrected chi connectivity index (χ4v) is 3.08. The second-order valence-electron chi connectivity index (χ2n) is 5.07. The Morgan fingerprint density at radius 3 is 2.68 bits per heavy atom. The SMILES string of the molecule is Cc1cc2c(=O)[nH]c(SCc3ccccc3)nc2n(C)c1=O. The number of fused-ring (bicyclic) bond motifs is 1. The van der Waals surface area contributed by atoms with Gasteiger partial charge in [0, 0.05) is 18.4 Å². The third-order valence-corrected chi connectivity index (χ3v) is 4.40. The minimum atomic E-state index is -0.223. The van der Waals surface area contributed by atoms with Crippen molar-refractivity contribution < 1.29 is 0 Å². The second-order valence-corrected chi connectivity index (χ2v) is 6.04. The van der Waals surface area contributed by atoms with E-state index in [2.05, 4.69) is 9.97 Å². The van der Waals surface area contributed by atoms with Gasteiger partial charge in [-0.2, -0.15) is 0 Å². The number of aryl methyl sites for hydroxylation is 2. The molecular formula is C16H15N3O2S. The highest BCUT2D eigenvalue weighted by atomic mass is 32.2. The van der Waals surface area contributed by atoms with Crippen LogP contribution in [0.5, 0.6) is 0 Å². The van der Waals surface area contributed by atoms with Crippen LogP contribution < -0.4 is 11.1 Å². The fourth-order valence-electron chi connectivity index (χ4n) is 2.27. The average molecular weight is 313 g/mol. The lowest BCUT2D eigenvalue weighted by molar-refractivity contribution is 0.843. The van der Waals surface area contributed by atoms with Crippen LogP contribution in [0.3, 0.4) is 0 Å². The zero-order valence-corrected chi connectivity index (χ0v) is 13.1. The van der Waals surface area contributed by atoms with Crippen molar-refractivity contribution in [2.24, 2.45) is 7.05 Å². The summed E-state index contributed by atoms with van der Waals surface area (Å²) in [6, 6.07) is 11.5. The zero-order valence-electron chi connectivity index (χ0n) is 12.3. The van der Waals surface area contributed by atoms with Crippen molar-refractivity contribution in [2.75, 3.05) is 0 Å². The minimum absolute atomic E-state index is 0.135. The van der Waals surface area contributed by atoms with Crippen molar-refractivity contribution >= 4 is 22.8 Å². The van der Waals surface area contributed by atoms with Crippen molar-refractivity contribution in [2.45, 2.75) is 17.8 Å². The standard InChI is InChI=1S/C16H15N3O2S/c1-10-8-12-13(19(2)15(10)21)17-16(18-14(12)20)22-9-11-6-4-3-5-7-11/h3-8H,9H2,1-2H3,(H,17,18,20). The van der Waals surface area contributed by atoms with E-state index in [1.165, 1.54) is 16.3 Å². The Bertz CT molecular complexity index is 945. The second kappa shape index (κ2) is 5.81. The molecule has 0 aliphatic carbocycles. The molecule has 0 atom stereocenters. The summed E-state index contributed by atoms with van der Waals surface area (Å²) in [5, 5.41) is 0.948. The molecule has 112 valence electrons. The molecule has 2 heterocycles. The first-order valence-electron chi connectivity index (χ1n) is 6.83. The summed E-state index contributed by atoms with van der Waals surface area (Å²) < 4.78 is 1.42. The highest BCUT2D eigenvalue weighted by Crippen LogP contribution is 2.19. The number of aromatic amines is 1. The van der Waals surface area contributed by atoms with Crippen LogP contribution in [0.25, 0.3) is 11.0 Å². The molecule has 2 aromatic heterocycles. The number of benzene rings is 1. The smallest absolute Gasteiger partial charge is 0.261 e. The van der Waals surface area contributed by atoms with Crippen LogP contribution in [-0.2, 0) is 12.8 Å². The summed E-state index contributed by atoms with van der Waals surface area (Å²) in [5.41, 5.74) is 1.74. The van der Waals surface area contributed by atoms with E-state index in [1.54, 1.807) is 20.0 Å². The van der Waals surface area contributed by atoms with Crippen LogP contribution in [0.4, 0.5) is 0 Å². The summed E-state index contributed by atoms with van der Waals surface area (Å²) in [4.78, 5) is 31.4. The van der Waals surface area contributed by atoms with Gasteiger partial charge in [0.25, 0.3) is 11.1 Å². The highest BCUT2D eigenvalue weighted by Gasteiger charge is 2.10. The first-order chi connectivity index (χ1) is 10.6. The van der Waals surface area contributed by atoms with E-state index in [0.29, 0.717) is 27.5 Å². The molecule has 3 aromatic rings. The summed E-state index contributed by atoms with van der Waals surface area (Å²) >= 11 is 1.44. The van der Waals surface area contributed by atoms with E-state index in [0.717, 1.165) is 5.56 Å². The monoisotopic (exact) mass is 313 g/mol. The molecule has 0 spiro atoms. The third kappa shape index (κ3) is 2.69. The molecule has 0 aliphatic rings. The van der Waals surface area contributed by atoms with Crippen LogP contribution in [0, 0.1) is 6.92 Å². The minimum Gasteiger partial charge on any atom is -0.301 e. The zero-order chi connectivity index (χ0) is 15.7. The molecule has 0 bridgehead atoms. The number of nitrogens with one attached hydrogen (secondary N) is 1. The molecule has 0 fully saturated rings. The molecule has 1 aromatic carbocycles. The van der Waals surface area contributed by atoms with Crippen LogP contribution in [0.15, 0.2) is 51.1 Å². The molecule has 6 heteroatoms. The number of aromatic nitrogens is 3. The van der Waals surface area contributed by atoms with Gasteiger partial charge < -0.3 is 4.98 Å². The molecule has 22 heavy (non-hydrogen) atoms. The number of pyridine rings is 1. The topological polar surface area (TPSA) is 67.8 Å². The van der Waals surface area contributed by atoms with E-state index in [9.17, 15) is 9.59 Å². The lowest BCUT2D eigenvalue weighted by Crippen LogP contribution is -2.23. The van der Waals surface area contributed by atoms with E-state index >= 15 is 0 Å². The predicted octanol–water partition coefficient (Wildman–Crippen LogP) is 2.22. The van der Waals surface area contributed by atoms with Crippen LogP contribution >= 0.6 is 11.8 Å². The van der Waals surface area contributed by atoms with Gasteiger partial charge >= 0.3 is 0 Å². The summed E-state index contributed by atoms with van der Waals surface area (Å²) in [7, 11) is 1.63. The molecule has 0 aliphatic heterocycles. The largest absolute Gasteiger partial charge is 0.301 e. The van der Waals surface area contributed by atoms with Gasteiger partial charge in [0.05, 0.1) is 5.39 Å². The Kier molecular flexibility index (Phi) is 3.85. The molecule has 0 radical (unpaired) electrons. The molecule has 1 N–H and O–H groups in total. The van der Waals surface area contributed by atoms with Crippen molar-refractivity contribution in [1.82, 2.24) is 14.5 Å². The van der Waals surface area contributed by atoms with Gasteiger partial charge in [-0.3, -0.25) is 14.2 Å². The van der Waals surface area contributed by atoms with Crippen molar-refractivity contribution in [3.8, 4) is 0 Å². The number of hydrogen-bond acceptors (Lipinski definition) is 4. The van der Waals surface area contributed by atoms with E-state index in [1.807, 2.05) is 30.3 Å². The first-order valence-corrected chi connectivity index (χ1v) is 7.82. The molecular weight excluding hydrogens is 298 g/mol. The van der Waals surface area contributed by atoms with Gasteiger partial charge in [-0.25, -0.2) is 4.98 Å². The first kappa shape index (κ1) is 14.6. The van der Waals surface area contributed by atoms with Gasteiger partial charge in [0.15, 0.2) is 10.8 Å². The maximum absolute atomic E-state index is 12.2. The number of rotatable bonds is 3. The van der Waals surface area contributed by atoms with E-state index < -0.39 is 0 Å². The summed E-state index contributed by atoms with van der Waals surface area (Å²) in [6.45, 7) is 1.69. The Hall–Kier alpha value is -2.34. The quantitative estimate of drug-likeness (QED) is 0.595. The maximum Gasteiger partial charge on any atom is 0.261 e. The molecule has 3 rings (SSSR count). The van der Waals surface area contributed by atoms with Gasteiger partial charge in [-0.05, 0) is 18.6 Å². The molecule has 0 unspecified atom stereocenters. The van der Waals surface area contributed by atoms with E-state index in [-0.39, 0.29) is 11.1 Å². The maximum atomic E-state index is 12.2.